The average molecular weight is 387 g/mol. The van der Waals surface area contributed by atoms with Crippen molar-refractivity contribution in [1.82, 2.24) is 5.32 Å². The van der Waals surface area contributed by atoms with Gasteiger partial charge in [-0.2, -0.15) is 0 Å². The molecule has 1 heterocycles. The second kappa shape index (κ2) is 7.69. The van der Waals surface area contributed by atoms with E-state index in [0.29, 0.717) is 16.1 Å². The normalized spacial score (nSPS) is 11.1. The van der Waals surface area contributed by atoms with E-state index in [-0.39, 0.29) is 16.7 Å². The van der Waals surface area contributed by atoms with Crippen LogP contribution in [0, 0.1) is 0 Å². The van der Waals surface area contributed by atoms with Gasteiger partial charge in [0.25, 0.3) is 5.91 Å². The van der Waals surface area contributed by atoms with Crippen LogP contribution in [0.2, 0.25) is 0 Å². The van der Waals surface area contributed by atoms with Crippen molar-refractivity contribution in [3.8, 4) is 0 Å². The van der Waals surface area contributed by atoms with Gasteiger partial charge < -0.3 is 10.6 Å². The van der Waals surface area contributed by atoms with E-state index in [1.54, 1.807) is 18.2 Å². The summed E-state index contributed by atoms with van der Waals surface area (Å²) in [7, 11) is -3.72. The number of amides is 1. The molecule has 0 atom stereocenters. The molecule has 4 N–H and O–H groups in total. The lowest BCUT2D eigenvalue weighted by molar-refractivity contribution is 0.0952. The van der Waals surface area contributed by atoms with Crippen molar-refractivity contribution in [2.45, 2.75) is 10.8 Å². The molecule has 0 bridgehead atoms. The fourth-order valence-electron chi connectivity index (χ4n) is 2.34. The van der Waals surface area contributed by atoms with Crippen LogP contribution in [0.25, 0.3) is 0 Å². The largest absolute Gasteiger partial charge is 0.355 e. The number of para-hydroxylation sites is 2. The molecule has 8 heteroatoms. The van der Waals surface area contributed by atoms with Gasteiger partial charge in [0, 0.05) is 10.6 Å². The number of nitrogens with one attached hydrogen (secondary N) is 2. The summed E-state index contributed by atoms with van der Waals surface area (Å²) in [5, 5.41) is 11.1. The van der Waals surface area contributed by atoms with E-state index in [9.17, 15) is 13.2 Å². The monoisotopic (exact) mass is 387 g/mol. The third kappa shape index (κ3) is 4.48. The standard InChI is InChI=1S/C18H17N3O3S2/c19-26(23,24)17-11-10-14(25-17)12-20-18(22)15-8-4-5-9-16(15)21-13-6-2-1-3-7-13/h1-11,21H,12H2,(H,20,22)(H2,19,23,24). The molecule has 1 aromatic heterocycles. The highest BCUT2D eigenvalue weighted by Gasteiger charge is 2.14. The number of benzene rings is 2. The molecule has 0 radical (unpaired) electrons. The molecule has 0 aliphatic heterocycles. The zero-order valence-electron chi connectivity index (χ0n) is 13.7. The molecular weight excluding hydrogens is 370 g/mol. The minimum absolute atomic E-state index is 0.0768. The Balaban J connectivity index is 1.71. The summed E-state index contributed by atoms with van der Waals surface area (Å²) >= 11 is 1.04. The Morgan fingerprint density at radius 1 is 0.962 bits per heavy atom. The molecule has 0 aliphatic carbocycles. The van der Waals surface area contributed by atoms with E-state index in [1.165, 1.54) is 6.07 Å². The summed E-state index contributed by atoms with van der Waals surface area (Å²) in [5.74, 6) is -0.255. The lowest BCUT2D eigenvalue weighted by atomic mass is 10.1. The van der Waals surface area contributed by atoms with Crippen molar-refractivity contribution in [3.63, 3.8) is 0 Å². The molecule has 2 aromatic carbocycles. The molecule has 1 amide bonds. The molecule has 0 aliphatic rings. The number of rotatable bonds is 6. The van der Waals surface area contributed by atoms with Crippen molar-refractivity contribution < 1.29 is 13.2 Å². The molecule has 0 fully saturated rings. The maximum absolute atomic E-state index is 12.5. The van der Waals surface area contributed by atoms with Gasteiger partial charge in [0.1, 0.15) is 4.21 Å². The Morgan fingerprint density at radius 2 is 1.65 bits per heavy atom. The van der Waals surface area contributed by atoms with Crippen molar-refractivity contribution in [2.24, 2.45) is 5.14 Å². The van der Waals surface area contributed by atoms with E-state index in [4.69, 9.17) is 5.14 Å². The molecule has 0 saturated carbocycles. The van der Waals surface area contributed by atoms with Crippen molar-refractivity contribution in [3.05, 3.63) is 77.2 Å². The van der Waals surface area contributed by atoms with Gasteiger partial charge >= 0.3 is 0 Å². The van der Waals surface area contributed by atoms with Gasteiger partial charge in [-0.3, -0.25) is 4.79 Å². The van der Waals surface area contributed by atoms with Gasteiger partial charge in [-0.25, -0.2) is 13.6 Å². The van der Waals surface area contributed by atoms with Gasteiger partial charge in [0.15, 0.2) is 0 Å². The first-order chi connectivity index (χ1) is 12.4. The quantitative estimate of drug-likeness (QED) is 0.605. The fraction of sp³-hybridized carbons (Fsp3) is 0.0556. The van der Waals surface area contributed by atoms with Crippen LogP contribution in [0.5, 0.6) is 0 Å². The second-order valence-corrected chi connectivity index (χ2v) is 8.44. The molecule has 0 saturated heterocycles. The molecule has 26 heavy (non-hydrogen) atoms. The number of hydrogen-bond acceptors (Lipinski definition) is 5. The summed E-state index contributed by atoms with van der Waals surface area (Å²) in [6, 6.07) is 19.8. The van der Waals surface area contributed by atoms with Crippen LogP contribution in [0.1, 0.15) is 15.2 Å². The first kappa shape index (κ1) is 18.1. The zero-order chi connectivity index (χ0) is 18.6. The van der Waals surface area contributed by atoms with E-state index in [0.717, 1.165) is 17.0 Å². The van der Waals surface area contributed by atoms with Crippen molar-refractivity contribution in [2.75, 3.05) is 5.32 Å². The van der Waals surface area contributed by atoms with E-state index >= 15 is 0 Å². The number of anilines is 2. The van der Waals surface area contributed by atoms with Gasteiger partial charge in [-0.15, -0.1) is 11.3 Å². The lowest BCUT2D eigenvalue weighted by Gasteiger charge is -2.12. The third-order valence-electron chi connectivity index (χ3n) is 3.57. The first-order valence-electron chi connectivity index (χ1n) is 7.74. The molecule has 0 spiro atoms. The zero-order valence-corrected chi connectivity index (χ0v) is 15.3. The number of nitrogens with two attached hydrogens (primary N) is 1. The maximum atomic E-state index is 12.5. The number of hydrogen-bond donors (Lipinski definition) is 3. The average Bonchev–Trinajstić information content (AvgIpc) is 3.10. The van der Waals surface area contributed by atoms with Gasteiger partial charge in [0.2, 0.25) is 10.0 Å². The maximum Gasteiger partial charge on any atom is 0.253 e. The van der Waals surface area contributed by atoms with E-state index < -0.39 is 10.0 Å². The van der Waals surface area contributed by atoms with Crippen LogP contribution in [-0.2, 0) is 16.6 Å². The molecule has 3 aromatic rings. The number of carbonyl (C=O) groups is 1. The predicted molar refractivity (Wildman–Crippen MR) is 103 cm³/mol. The van der Waals surface area contributed by atoms with Crippen LogP contribution in [0.3, 0.4) is 0 Å². The Morgan fingerprint density at radius 3 is 2.35 bits per heavy atom. The summed E-state index contributed by atoms with van der Waals surface area (Å²) in [4.78, 5) is 13.2. The molecule has 6 nitrogen and oxygen atoms in total. The Hall–Kier alpha value is -2.68. The highest BCUT2D eigenvalue weighted by molar-refractivity contribution is 7.91. The van der Waals surface area contributed by atoms with Crippen molar-refractivity contribution in [1.29, 1.82) is 0 Å². The molecule has 134 valence electrons. The summed E-state index contributed by atoms with van der Waals surface area (Å²) in [6.07, 6.45) is 0. The fourth-order valence-corrected chi connectivity index (χ4v) is 4.05. The Bertz CT molecular complexity index is 1010. The molecular formula is C18H17N3O3S2. The summed E-state index contributed by atoms with van der Waals surface area (Å²) < 4.78 is 22.7. The van der Waals surface area contributed by atoms with E-state index in [2.05, 4.69) is 10.6 Å². The predicted octanol–water partition coefficient (Wildman–Crippen LogP) is 3.07. The highest BCUT2D eigenvalue weighted by Crippen LogP contribution is 2.22. The Kier molecular flexibility index (Phi) is 5.36. The Labute approximate surface area is 155 Å². The number of sulfonamides is 1. The lowest BCUT2D eigenvalue weighted by Crippen LogP contribution is -2.23. The van der Waals surface area contributed by atoms with Crippen molar-refractivity contribution >= 4 is 38.6 Å². The number of primary sulfonamides is 1. The number of carbonyl (C=O) groups excluding carboxylic acids is 1. The second-order valence-electron chi connectivity index (χ2n) is 5.49. The minimum Gasteiger partial charge on any atom is -0.355 e. The first-order valence-corrected chi connectivity index (χ1v) is 10.1. The van der Waals surface area contributed by atoms with Gasteiger partial charge in [-0.05, 0) is 36.4 Å². The van der Waals surface area contributed by atoms with E-state index in [1.807, 2.05) is 42.5 Å². The minimum atomic E-state index is -3.72. The van der Waals surface area contributed by atoms with Crippen LogP contribution < -0.4 is 15.8 Å². The van der Waals surface area contributed by atoms with Crippen LogP contribution in [0.4, 0.5) is 11.4 Å². The molecule has 0 unspecified atom stereocenters. The third-order valence-corrected chi connectivity index (χ3v) is 6.09. The van der Waals surface area contributed by atoms with Gasteiger partial charge in [-0.1, -0.05) is 30.3 Å². The SMILES string of the molecule is NS(=O)(=O)c1ccc(CNC(=O)c2ccccc2Nc2ccccc2)s1. The van der Waals surface area contributed by atoms with Crippen LogP contribution >= 0.6 is 11.3 Å². The van der Waals surface area contributed by atoms with Crippen LogP contribution in [0.15, 0.2) is 70.9 Å². The van der Waals surface area contributed by atoms with Gasteiger partial charge in [0.05, 0.1) is 17.8 Å². The topological polar surface area (TPSA) is 101 Å². The smallest absolute Gasteiger partial charge is 0.253 e. The number of thiophene rings is 1. The summed E-state index contributed by atoms with van der Waals surface area (Å²) in [5.41, 5.74) is 2.07. The molecule has 3 rings (SSSR count). The highest BCUT2D eigenvalue weighted by atomic mass is 32.2. The van der Waals surface area contributed by atoms with Crippen LogP contribution in [-0.4, -0.2) is 14.3 Å². The summed E-state index contributed by atoms with van der Waals surface area (Å²) in [6.45, 7) is 0.221.